The standard InChI is InChI=1S/C11H14O2/c1-13-11-7-5-10(6-8-11)4-2-3-9-12/h2-3,5-8,12H,4,9H2,1H3/b3-2+. The van der Waals surface area contributed by atoms with Gasteiger partial charge in [0.1, 0.15) is 5.75 Å². The Balaban J connectivity index is 2.54. The lowest BCUT2D eigenvalue weighted by Crippen LogP contribution is -1.84. The van der Waals surface area contributed by atoms with Crippen molar-refractivity contribution in [3.63, 3.8) is 0 Å². The van der Waals surface area contributed by atoms with Crippen LogP contribution in [-0.2, 0) is 6.42 Å². The van der Waals surface area contributed by atoms with Crippen LogP contribution in [0.3, 0.4) is 0 Å². The van der Waals surface area contributed by atoms with Crippen molar-refractivity contribution in [3.05, 3.63) is 42.0 Å². The molecule has 0 bridgehead atoms. The molecule has 1 N–H and O–H groups in total. The third kappa shape index (κ3) is 3.30. The molecule has 0 unspecified atom stereocenters. The molecule has 13 heavy (non-hydrogen) atoms. The van der Waals surface area contributed by atoms with Gasteiger partial charge in [-0.2, -0.15) is 0 Å². The minimum atomic E-state index is 0.107. The first-order chi connectivity index (χ1) is 6.36. The molecule has 0 aliphatic rings. The third-order valence-electron chi connectivity index (χ3n) is 1.78. The molecule has 70 valence electrons. The topological polar surface area (TPSA) is 29.5 Å². The van der Waals surface area contributed by atoms with E-state index < -0.39 is 0 Å². The van der Waals surface area contributed by atoms with E-state index in [9.17, 15) is 0 Å². The van der Waals surface area contributed by atoms with Gasteiger partial charge in [-0.05, 0) is 24.1 Å². The number of aliphatic hydroxyl groups excluding tert-OH is 1. The Morgan fingerprint density at radius 2 is 1.92 bits per heavy atom. The average Bonchev–Trinajstić information content (AvgIpc) is 2.19. The first-order valence-corrected chi connectivity index (χ1v) is 4.25. The highest BCUT2D eigenvalue weighted by Gasteiger charge is 1.90. The predicted octanol–water partition coefficient (Wildman–Crippen LogP) is 1.79. The molecular weight excluding hydrogens is 164 g/mol. The van der Waals surface area contributed by atoms with Gasteiger partial charge in [0, 0.05) is 0 Å². The van der Waals surface area contributed by atoms with Crippen molar-refractivity contribution in [1.29, 1.82) is 0 Å². The number of aliphatic hydroxyl groups is 1. The zero-order chi connectivity index (χ0) is 9.52. The van der Waals surface area contributed by atoms with Crippen LogP contribution in [0.2, 0.25) is 0 Å². The van der Waals surface area contributed by atoms with E-state index in [1.54, 1.807) is 13.2 Å². The molecule has 0 spiro atoms. The van der Waals surface area contributed by atoms with Crippen molar-refractivity contribution in [2.75, 3.05) is 13.7 Å². The Labute approximate surface area is 78.5 Å². The largest absolute Gasteiger partial charge is 0.497 e. The summed E-state index contributed by atoms with van der Waals surface area (Å²) in [6, 6.07) is 7.89. The van der Waals surface area contributed by atoms with E-state index >= 15 is 0 Å². The maximum absolute atomic E-state index is 8.52. The zero-order valence-corrected chi connectivity index (χ0v) is 7.73. The zero-order valence-electron chi connectivity index (χ0n) is 7.73. The predicted molar refractivity (Wildman–Crippen MR) is 52.9 cm³/mol. The van der Waals surface area contributed by atoms with E-state index in [0.29, 0.717) is 0 Å². The fourth-order valence-electron chi connectivity index (χ4n) is 1.06. The maximum atomic E-state index is 8.52. The molecule has 0 aliphatic heterocycles. The van der Waals surface area contributed by atoms with Gasteiger partial charge in [-0.3, -0.25) is 0 Å². The van der Waals surface area contributed by atoms with Gasteiger partial charge in [0.15, 0.2) is 0 Å². The highest BCUT2D eigenvalue weighted by atomic mass is 16.5. The van der Waals surface area contributed by atoms with Gasteiger partial charge >= 0.3 is 0 Å². The van der Waals surface area contributed by atoms with Crippen LogP contribution < -0.4 is 4.74 Å². The molecule has 2 nitrogen and oxygen atoms in total. The summed E-state index contributed by atoms with van der Waals surface area (Å²) in [6.07, 6.45) is 4.54. The van der Waals surface area contributed by atoms with E-state index in [2.05, 4.69) is 0 Å². The van der Waals surface area contributed by atoms with E-state index in [-0.39, 0.29) is 6.61 Å². The molecule has 0 fully saturated rings. The quantitative estimate of drug-likeness (QED) is 0.712. The summed E-state index contributed by atoms with van der Waals surface area (Å²) in [7, 11) is 1.65. The molecule has 0 aliphatic carbocycles. The van der Waals surface area contributed by atoms with Crippen LogP contribution in [0.25, 0.3) is 0 Å². The smallest absolute Gasteiger partial charge is 0.118 e. The van der Waals surface area contributed by atoms with Crippen molar-refractivity contribution in [1.82, 2.24) is 0 Å². The fourth-order valence-corrected chi connectivity index (χ4v) is 1.06. The first kappa shape index (κ1) is 9.81. The Bertz CT molecular complexity index is 262. The van der Waals surface area contributed by atoms with Crippen LogP contribution in [0.15, 0.2) is 36.4 Å². The van der Waals surface area contributed by atoms with Gasteiger partial charge in [0.25, 0.3) is 0 Å². The van der Waals surface area contributed by atoms with Gasteiger partial charge in [-0.25, -0.2) is 0 Å². The molecule has 0 saturated carbocycles. The lowest BCUT2D eigenvalue weighted by atomic mass is 10.1. The summed E-state index contributed by atoms with van der Waals surface area (Å²) in [5.74, 6) is 0.870. The minimum absolute atomic E-state index is 0.107. The molecule has 0 amide bonds. The van der Waals surface area contributed by atoms with Gasteiger partial charge < -0.3 is 9.84 Å². The average molecular weight is 178 g/mol. The molecule has 1 aromatic carbocycles. The summed E-state index contributed by atoms with van der Waals surface area (Å²) in [4.78, 5) is 0. The van der Waals surface area contributed by atoms with Crippen molar-refractivity contribution in [2.45, 2.75) is 6.42 Å². The van der Waals surface area contributed by atoms with E-state index in [4.69, 9.17) is 9.84 Å². The van der Waals surface area contributed by atoms with E-state index in [1.165, 1.54) is 5.56 Å². The van der Waals surface area contributed by atoms with Crippen LogP contribution in [-0.4, -0.2) is 18.8 Å². The minimum Gasteiger partial charge on any atom is -0.497 e. The van der Waals surface area contributed by atoms with E-state index in [0.717, 1.165) is 12.2 Å². The van der Waals surface area contributed by atoms with Crippen LogP contribution >= 0.6 is 0 Å². The van der Waals surface area contributed by atoms with Gasteiger partial charge in [0.05, 0.1) is 13.7 Å². The normalized spacial score (nSPS) is 10.6. The molecule has 0 radical (unpaired) electrons. The second-order valence-corrected chi connectivity index (χ2v) is 2.71. The lowest BCUT2D eigenvalue weighted by Gasteiger charge is -2.00. The number of allylic oxidation sites excluding steroid dienone is 1. The second-order valence-electron chi connectivity index (χ2n) is 2.71. The van der Waals surface area contributed by atoms with Crippen LogP contribution in [0.1, 0.15) is 5.56 Å². The first-order valence-electron chi connectivity index (χ1n) is 4.25. The summed E-state index contributed by atoms with van der Waals surface area (Å²) in [5.41, 5.74) is 1.21. The SMILES string of the molecule is COc1ccc(C/C=C/CO)cc1. The van der Waals surface area contributed by atoms with Gasteiger partial charge in [0.2, 0.25) is 0 Å². The number of rotatable bonds is 4. The molecule has 1 rings (SSSR count). The lowest BCUT2D eigenvalue weighted by molar-refractivity contribution is 0.342. The molecule has 0 saturated heterocycles. The Hall–Kier alpha value is -1.28. The summed E-state index contributed by atoms with van der Waals surface area (Å²) in [6.45, 7) is 0.107. The third-order valence-corrected chi connectivity index (χ3v) is 1.78. The van der Waals surface area contributed by atoms with Crippen molar-refractivity contribution < 1.29 is 9.84 Å². The Morgan fingerprint density at radius 1 is 1.23 bits per heavy atom. The molecule has 0 aromatic heterocycles. The highest BCUT2D eigenvalue weighted by molar-refractivity contribution is 5.28. The second kappa shape index (κ2) is 5.38. The van der Waals surface area contributed by atoms with Crippen LogP contribution in [0, 0.1) is 0 Å². The van der Waals surface area contributed by atoms with Gasteiger partial charge in [-0.15, -0.1) is 0 Å². The number of hydrogen-bond donors (Lipinski definition) is 1. The monoisotopic (exact) mass is 178 g/mol. The molecule has 0 heterocycles. The summed E-state index contributed by atoms with van der Waals surface area (Å²) in [5, 5.41) is 8.52. The van der Waals surface area contributed by atoms with Crippen molar-refractivity contribution >= 4 is 0 Å². The Kier molecular flexibility index (Phi) is 4.06. The maximum Gasteiger partial charge on any atom is 0.118 e. The number of hydrogen-bond acceptors (Lipinski definition) is 2. The summed E-state index contributed by atoms with van der Waals surface area (Å²) >= 11 is 0. The molecule has 2 heteroatoms. The fraction of sp³-hybridized carbons (Fsp3) is 0.273. The number of methoxy groups -OCH3 is 1. The molecule has 1 aromatic rings. The van der Waals surface area contributed by atoms with Crippen molar-refractivity contribution in [2.24, 2.45) is 0 Å². The van der Waals surface area contributed by atoms with Gasteiger partial charge in [-0.1, -0.05) is 24.3 Å². The molecular formula is C11H14O2. The van der Waals surface area contributed by atoms with Crippen LogP contribution in [0.5, 0.6) is 5.75 Å². The highest BCUT2D eigenvalue weighted by Crippen LogP contribution is 2.11. The Morgan fingerprint density at radius 3 is 2.46 bits per heavy atom. The summed E-state index contributed by atoms with van der Waals surface area (Å²) < 4.78 is 5.04. The number of benzene rings is 1. The van der Waals surface area contributed by atoms with Crippen molar-refractivity contribution in [3.8, 4) is 5.75 Å². The van der Waals surface area contributed by atoms with E-state index in [1.807, 2.05) is 30.3 Å². The molecule has 0 atom stereocenters. The number of ether oxygens (including phenoxy) is 1. The van der Waals surface area contributed by atoms with Crippen LogP contribution in [0.4, 0.5) is 0 Å².